The van der Waals surface area contributed by atoms with Crippen LogP contribution >= 0.6 is 0 Å². The minimum Gasteiger partial charge on any atom is -0.497 e. The first-order valence-corrected chi connectivity index (χ1v) is 7.60. The van der Waals surface area contributed by atoms with E-state index in [9.17, 15) is 22.8 Å². The maximum absolute atomic E-state index is 13.0. The van der Waals surface area contributed by atoms with Crippen molar-refractivity contribution in [2.45, 2.75) is 25.2 Å². The molecule has 0 aromatic heterocycles. The van der Waals surface area contributed by atoms with Gasteiger partial charge in [0.05, 0.1) is 20.3 Å². The lowest BCUT2D eigenvalue weighted by Gasteiger charge is -2.29. The molecule has 0 N–H and O–H groups in total. The Morgan fingerprint density at radius 2 is 1.88 bits per heavy atom. The summed E-state index contributed by atoms with van der Waals surface area (Å²) in [5.41, 5.74) is 0.537. The quantitative estimate of drug-likeness (QED) is 0.828. The van der Waals surface area contributed by atoms with Gasteiger partial charge in [-0.05, 0) is 24.1 Å². The van der Waals surface area contributed by atoms with Gasteiger partial charge in [0.25, 0.3) is 0 Å². The number of alkyl halides is 3. The number of hydrogen-bond acceptors (Lipinski definition) is 4. The fraction of sp³-hybridized carbons (Fsp3) is 0.500. The van der Waals surface area contributed by atoms with Crippen molar-refractivity contribution in [3.8, 4) is 5.75 Å². The average Bonchev–Trinajstić information content (AvgIpc) is 3.08. The summed E-state index contributed by atoms with van der Waals surface area (Å²) in [6.07, 6.45) is -5.34. The molecule has 1 atom stereocenters. The number of likely N-dealkylation sites (tertiary alicyclic amines) is 1. The second-order valence-electron chi connectivity index (χ2n) is 5.64. The fourth-order valence-electron chi connectivity index (χ4n) is 2.75. The van der Waals surface area contributed by atoms with E-state index in [4.69, 9.17) is 4.74 Å². The van der Waals surface area contributed by atoms with Gasteiger partial charge in [-0.25, -0.2) is 4.79 Å². The lowest BCUT2D eigenvalue weighted by molar-refractivity contribution is -0.188. The van der Waals surface area contributed by atoms with Gasteiger partial charge in [0.15, 0.2) is 0 Å². The molecule has 1 aliphatic rings. The highest BCUT2D eigenvalue weighted by Gasteiger charge is 2.46. The lowest BCUT2D eigenvalue weighted by atomic mass is 10.1. The maximum atomic E-state index is 13.0. The Morgan fingerprint density at radius 3 is 2.40 bits per heavy atom. The third-order valence-electron chi connectivity index (χ3n) is 4.05. The number of hydrogen-bond donors (Lipinski definition) is 0. The van der Waals surface area contributed by atoms with Crippen molar-refractivity contribution in [1.82, 2.24) is 9.80 Å². The number of halogens is 3. The monoisotopic (exact) mass is 360 g/mol. The molecular weight excluding hydrogens is 341 g/mol. The van der Waals surface area contributed by atoms with Crippen LogP contribution < -0.4 is 4.74 Å². The summed E-state index contributed by atoms with van der Waals surface area (Å²) in [5.74, 6) is -1.35. The number of carbonyl (C=O) groups is 2. The SMILES string of the molecule is COC(=O)N1CCC(N(Cc2ccc(OC)cc2)C(=O)C(F)(F)F)C1. The molecule has 1 heterocycles. The van der Waals surface area contributed by atoms with E-state index in [0.29, 0.717) is 11.3 Å². The van der Waals surface area contributed by atoms with Gasteiger partial charge >= 0.3 is 18.2 Å². The molecule has 1 saturated heterocycles. The largest absolute Gasteiger partial charge is 0.497 e. The second kappa shape index (κ2) is 7.62. The molecule has 1 aliphatic heterocycles. The van der Waals surface area contributed by atoms with E-state index < -0.39 is 24.2 Å². The van der Waals surface area contributed by atoms with Crippen LogP contribution in [-0.2, 0) is 16.1 Å². The average molecular weight is 360 g/mol. The first kappa shape index (κ1) is 18.9. The predicted octanol–water partition coefficient (Wildman–Crippen LogP) is 2.43. The number of ether oxygens (including phenoxy) is 2. The van der Waals surface area contributed by atoms with Gasteiger partial charge in [-0.3, -0.25) is 4.79 Å². The Hall–Kier alpha value is -2.45. The topological polar surface area (TPSA) is 59.1 Å². The van der Waals surface area contributed by atoms with Gasteiger partial charge in [-0.2, -0.15) is 13.2 Å². The highest BCUT2D eigenvalue weighted by atomic mass is 19.4. The Labute approximate surface area is 143 Å². The van der Waals surface area contributed by atoms with Crippen LogP contribution in [0.2, 0.25) is 0 Å². The van der Waals surface area contributed by atoms with Gasteiger partial charge in [0.1, 0.15) is 5.75 Å². The molecule has 138 valence electrons. The molecule has 0 saturated carbocycles. The van der Waals surface area contributed by atoms with Crippen molar-refractivity contribution < 1.29 is 32.2 Å². The van der Waals surface area contributed by atoms with Crippen molar-refractivity contribution in [3.63, 3.8) is 0 Å². The zero-order valence-electron chi connectivity index (χ0n) is 13.9. The van der Waals surface area contributed by atoms with E-state index in [1.807, 2.05) is 0 Å². The smallest absolute Gasteiger partial charge is 0.471 e. The minimum absolute atomic E-state index is 0.00461. The summed E-state index contributed by atoms with van der Waals surface area (Å²) < 4.78 is 48.5. The van der Waals surface area contributed by atoms with Crippen LogP contribution in [0.3, 0.4) is 0 Å². The minimum atomic E-state index is -4.98. The molecule has 1 unspecified atom stereocenters. The number of methoxy groups -OCH3 is 2. The van der Waals surface area contributed by atoms with Crippen LogP contribution in [0.5, 0.6) is 5.75 Å². The molecule has 25 heavy (non-hydrogen) atoms. The number of carbonyl (C=O) groups excluding carboxylic acids is 2. The number of nitrogens with zero attached hydrogens (tertiary/aromatic N) is 2. The zero-order valence-corrected chi connectivity index (χ0v) is 13.9. The molecule has 6 nitrogen and oxygen atoms in total. The Kier molecular flexibility index (Phi) is 5.76. The van der Waals surface area contributed by atoms with Crippen LogP contribution in [0, 0.1) is 0 Å². The van der Waals surface area contributed by atoms with Crippen molar-refractivity contribution in [3.05, 3.63) is 29.8 Å². The summed E-state index contributed by atoms with van der Waals surface area (Å²) in [6, 6.07) is 5.70. The van der Waals surface area contributed by atoms with Crippen LogP contribution in [0.25, 0.3) is 0 Å². The lowest BCUT2D eigenvalue weighted by Crippen LogP contribution is -2.48. The number of benzene rings is 1. The molecule has 0 bridgehead atoms. The van der Waals surface area contributed by atoms with E-state index in [-0.39, 0.29) is 26.1 Å². The van der Waals surface area contributed by atoms with Gasteiger partial charge in [-0.1, -0.05) is 12.1 Å². The van der Waals surface area contributed by atoms with Crippen molar-refractivity contribution in [2.24, 2.45) is 0 Å². The second-order valence-corrected chi connectivity index (χ2v) is 5.64. The molecule has 0 aliphatic carbocycles. The van der Waals surface area contributed by atoms with Gasteiger partial charge < -0.3 is 19.3 Å². The van der Waals surface area contributed by atoms with E-state index >= 15 is 0 Å². The van der Waals surface area contributed by atoms with Gasteiger partial charge in [0, 0.05) is 19.6 Å². The predicted molar refractivity (Wildman–Crippen MR) is 82.0 cm³/mol. The van der Waals surface area contributed by atoms with Crippen molar-refractivity contribution in [1.29, 1.82) is 0 Å². The van der Waals surface area contributed by atoms with E-state index in [2.05, 4.69) is 4.74 Å². The van der Waals surface area contributed by atoms with Crippen LogP contribution in [0.4, 0.5) is 18.0 Å². The number of rotatable bonds is 4. The maximum Gasteiger partial charge on any atom is 0.471 e. The molecule has 2 rings (SSSR count). The molecule has 9 heteroatoms. The standard InChI is InChI=1S/C16H19F3N2O4/c1-24-13-5-3-11(4-6-13)9-21(14(22)16(17,18)19)12-7-8-20(10-12)15(23)25-2/h3-6,12H,7-10H2,1-2H3. The highest BCUT2D eigenvalue weighted by Crippen LogP contribution is 2.26. The van der Waals surface area contributed by atoms with Crippen LogP contribution in [-0.4, -0.2) is 61.3 Å². The summed E-state index contributed by atoms with van der Waals surface area (Å²) in [6.45, 7) is 0.0360. The summed E-state index contributed by atoms with van der Waals surface area (Å²) in [5, 5.41) is 0. The molecule has 1 fully saturated rings. The molecule has 2 amide bonds. The third-order valence-corrected chi connectivity index (χ3v) is 4.05. The van der Waals surface area contributed by atoms with Crippen molar-refractivity contribution >= 4 is 12.0 Å². The number of amides is 2. The molecule has 0 radical (unpaired) electrons. The Morgan fingerprint density at radius 1 is 1.24 bits per heavy atom. The fourth-order valence-corrected chi connectivity index (χ4v) is 2.75. The zero-order chi connectivity index (χ0) is 18.6. The first-order valence-electron chi connectivity index (χ1n) is 7.60. The first-order chi connectivity index (χ1) is 11.8. The Balaban J connectivity index is 2.18. The molecule has 1 aromatic carbocycles. The molecular formula is C16H19F3N2O4. The van der Waals surface area contributed by atoms with Gasteiger partial charge in [0.2, 0.25) is 0 Å². The third kappa shape index (κ3) is 4.55. The van der Waals surface area contributed by atoms with Crippen LogP contribution in [0.15, 0.2) is 24.3 Å². The van der Waals surface area contributed by atoms with E-state index in [1.54, 1.807) is 24.3 Å². The summed E-state index contributed by atoms with van der Waals surface area (Å²) in [4.78, 5) is 25.5. The van der Waals surface area contributed by atoms with Gasteiger partial charge in [-0.15, -0.1) is 0 Å². The van der Waals surface area contributed by atoms with E-state index in [0.717, 1.165) is 4.90 Å². The molecule has 1 aromatic rings. The normalized spacial score (nSPS) is 17.3. The van der Waals surface area contributed by atoms with E-state index in [1.165, 1.54) is 19.1 Å². The highest BCUT2D eigenvalue weighted by molar-refractivity contribution is 5.82. The Bertz CT molecular complexity index is 619. The summed E-state index contributed by atoms with van der Waals surface area (Å²) >= 11 is 0. The van der Waals surface area contributed by atoms with Crippen LogP contribution in [0.1, 0.15) is 12.0 Å². The summed E-state index contributed by atoms with van der Waals surface area (Å²) in [7, 11) is 2.68. The van der Waals surface area contributed by atoms with Crippen molar-refractivity contribution in [2.75, 3.05) is 27.3 Å². The molecule has 0 spiro atoms.